The Kier molecular flexibility index (Phi) is 6.44. The first-order valence-corrected chi connectivity index (χ1v) is 10.8. The highest BCUT2D eigenvalue weighted by atomic mass is 35.5. The molecule has 0 aliphatic carbocycles. The van der Waals surface area contributed by atoms with E-state index < -0.39 is 29.4 Å². The Morgan fingerprint density at radius 3 is 2.42 bits per heavy atom. The van der Waals surface area contributed by atoms with Crippen LogP contribution in [0.4, 0.5) is 13.2 Å². The van der Waals surface area contributed by atoms with Crippen LogP contribution in [-0.4, -0.2) is 61.8 Å². The van der Waals surface area contributed by atoms with Crippen molar-refractivity contribution < 1.29 is 22.5 Å². The molecule has 0 radical (unpaired) electrons. The molecule has 0 N–H and O–H groups in total. The average Bonchev–Trinajstić information content (AvgIpc) is 3.42. The van der Waals surface area contributed by atoms with Crippen LogP contribution >= 0.6 is 11.6 Å². The molecule has 2 aromatic heterocycles. The summed E-state index contributed by atoms with van der Waals surface area (Å²) in [7, 11) is 0. The smallest absolute Gasteiger partial charge is 0.338 e. The fraction of sp³-hybridized carbons (Fsp3) is 0.429. The highest BCUT2D eigenvalue weighted by molar-refractivity contribution is 6.30. The molecule has 4 rings (SSSR count). The lowest BCUT2D eigenvalue weighted by Crippen LogP contribution is -2.48. The Balaban J connectivity index is 1.39. The second-order valence-electron chi connectivity index (χ2n) is 8.03. The molecule has 0 bridgehead atoms. The second kappa shape index (κ2) is 9.14. The Labute approximate surface area is 192 Å². The summed E-state index contributed by atoms with van der Waals surface area (Å²) in [5.41, 5.74) is -0.660. The molecular formula is C21H22ClF3N6O2. The molecule has 1 aliphatic heterocycles. The first-order chi connectivity index (χ1) is 15.6. The van der Waals surface area contributed by atoms with Gasteiger partial charge in [0.1, 0.15) is 0 Å². The number of alkyl halides is 3. The van der Waals surface area contributed by atoms with E-state index in [9.17, 15) is 18.0 Å². The van der Waals surface area contributed by atoms with Gasteiger partial charge >= 0.3 is 6.18 Å². The minimum atomic E-state index is -4.67. The number of aromatic nitrogens is 4. The lowest BCUT2D eigenvalue weighted by atomic mass is 10.1. The minimum absolute atomic E-state index is 0.279. The molecule has 1 aliphatic rings. The topological polar surface area (TPSA) is 80.3 Å². The van der Waals surface area contributed by atoms with Crippen molar-refractivity contribution >= 4 is 17.5 Å². The zero-order chi connectivity index (χ0) is 23.8. The van der Waals surface area contributed by atoms with Crippen LogP contribution in [0.1, 0.15) is 41.8 Å². The van der Waals surface area contributed by atoms with Crippen LogP contribution in [0.25, 0.3) is 11.4 Å². The standard InChI is InChI=1S/C21H22ClF3N6O2/c1-13(2)31-18(21(23,24)25)16(11-26-31)20(32)30-9-7-29(8-10-30)12-17-27-19(28-33-17)14-3-5-15(22)6-4-14/h3-6,11,13H,7-10,12H2,1-2H3. The van der Waals surface area contributed by atoms with E-state index in [1.807, 2.05) is 4.90 Å². The van der Waals surface area contributed by atoms with Gasteiger partial charge in [0.15, 0.2) is 5.69 Å². The Morgan fingerprint density at radius 1 is 1.15 bits per heavy atom. The van der Waals surface area contributed by atoms with Crippen LogP contribution in [0.2, 0.25) is 5.02 Å². The molecule has 0 spiro atoms. The predicted molar refractivity (Wildman–Crippen MR) is 114 cm³/mol. The van der Waals surface area contributed by atoms with Crippen LogP contribution < -0.4 is 0 Å². The number of hydrogen-bond donors (Lipinski definition) is 0. The number of amides is 1. The van der Waals surface area contributed by atoms with E-state index in [4.69, 9.17) is 16.1 Å². The number of rotatable bonds is 5. The summed E-state index contributed by atoms with van der Waals surface area (Å²) < 4.78 is 47.0. The minimum Gasteiger partial charge on any atom is -0.338 e. The van der Waals surface area contributed by atoms with Crippen molar-refractivity contribution in [2.75, 3.05) is 26.2 Å². The fourth-order valence-electron chi connectivity index (χ4n) is 3.70. The van der Waals surface area contributed by atoms with E-state index in [1.165, 1.54) is 4.90 Å². The van der Waals surface area contributed by atoms with Crippen LogP contribution in [0, 0.1) is 0 Å². The molecule has 12 heteroatoms. The molecule has 33 heavy (non-hydrogen) atoms. The molecule has 0 saturated carbocycles. The summed E-state index contributed by atoms with van der Waals surface area (Å²) in [6.45, 7) is 5.04. The number of halogens is 4. The molecule has 8 nitrogen and oxygen atoms in total. The van der Waals surface area contributed by atoms with Gasteiger partial charge in [-0.1, -0.05) is 16.8 Å². The van der Waals surface area contributed by atoms with E-state index >= 15 is 0 Å². The Hall–Kier alpha value is -2.92. The van der Waals surface area contributed by atoms with Crippen LogP contribution in [-0.2, 0) is 12.7 Å². The van der Waals surface area contributed by atoms with Crippen molar-refractivity contribution in [3.8, 4) is 11.4 Å². The number of piperazine rings is 1. The van der Waals surface area contributed by atoms with Gasteiger partial charge in [-0.2, -0.15) is 23.3 Å². The van der Waals surface area contributed by atoms with Gasteiger partial charge in [-0.05, 0) is 38.1 Å². The van der Waals surface area contributed by atoms with Crippen molar-refractivity contribution in [1.82, 2.24) is 29.7 Å². The van der Waals surface area contributed by atoms with Gasteiger partial charge in [-0.15, -0.1) is 0 Å². The lowest BCUT2D eigenvalue weighted by Gasteiger charge is -2.34. The van der Waals surface area contributed by atoms with Crippen LogP contribution in [0.15, 0.2) is 35.0 Å². The molecule has 1 amide bonds. The van der Waals surface area contributed by atoms with E-state index in [0.717, 1.165) is 16.4 Å². The Morgan fingerprint density at radius 2 is 1.82 bits per heavy atom. The molecule has 0 unspecified atom stereocenters. The van der Waals surface area contributed by atoms with Crippen molar-refractivity contribution in [2.45, 2.75) is 32.6 Å². The summed E-state index contributed by atoms with van der Waals surface area (Å²) in [6, 6.07) is 6.53. The zero-order valence-corrected chi connectivity index (χ0v) is 18.8. The van der Waals surface area contributed by atoms with Crippen LogP contribution in [0.5, 0.6) is 0 Å². The van der Waals surface area contributed by atoms with Gasteiger partial charge in [0.2, 0.25) is 11.7 Å². The summed E-state index contributed by atoms with van der Waals surface area (Å²) in [4.78, 5) is 20.7. The van der Waals surface area contributed by atoms with Gasteiger partial charge in [-0.3, -0.25) is 14.4 Å². The fourth-order valence-corrected chi connectivity index (χ4v) is 3.82. The van der Waals surface area contributed by atoms with E-state index in [-0.39, 0.29) is 13.1 Å². The average molecular weight is 483 g/mol. The first kappa shape index (κ1) is 23.2. The molecule has 1 fully saturated rings. The van der Waals surface area contributed by atoms with E-state index in [0.29, 0.717) is 36.4 Å². The predicted octanol–water partition coefficient (Wildman–Crippen LogP) is 4.14. The summed E-state index contributed by atoms with van der Waals surface area (Å²) in [6.07, 6.45) is -3.67. The van der Waals surface area contributed by atoms with E-state index in [1.54, 1.807) is 38.1 Å². The molecule has 0 atom stereocenters. The number of benzene rings is 1. The summed E-state index contributed by atoms with van der Waals surface area (Å²) >= 11 is 5.89. The van der Waals surface area contributed by atoms with Gasteiger partial charge in [0.25, 0.3) is 5.91 Å². The maximum atomic E-state index is 13.6. The van der Waals surface area contributed by atoms with Crippen molar-refractivity contribution in [2.24, 2.45) is 0 Å². The molecular weight excluding hydrogens is 461 g/mol. The first-order valence-electron chi connectivity index (χ1n) is 10.4. The largest absolute Gasteiger partial charge is 0.433 e. The van der Waals surface area contributed by atoms with Crippen molar-refractivity contribution in [1.29, 1.82) is 0 Å². The molecule has 176 valence electrons. The second-order valence-corrected chi connectivity index (χ2v) is 8.47. The number of nitrogens with zero attached hydrogens (tertiary/aromatic N) is 6. The van der Waals surface area contributed by atoms with Gasteiger partial charge in [-0.25, -0.2) is 0 Å². The van der Waals surface area contributed by atoms with Gasteiger partial charge in [0, 0.05) is 42.8 Å². The molecule has 3 heterocycles. The molecule has 3 aromatic rings. The third kappa shape index (κ3) is 5.03. The third-order valence-electron chi connectivity index (χ3n) is 5.37. The third-order valence-corrected chi connectivity index (χ3v) is 5.62. The quantitative estimate of drug-likeness (QED) is 0.543. The zero-order valence-electron chi connectivity index (χ0n) is 18.0. The van der Waals surface area contributed by atoms with E-state index in [2.05, 4.69) is 15.2 Å². The molecule has 1 aromatic carbocycles. The number of hydrogen-bond acceptors (Lipinski definition) is 6. The maximum Gasteiger partial charge on any atom is 0.433 e. The number of carbonyl (C=O) groups excluding carboxylic acids is 1. The highest BCUT2D eigenvalue weighted by Crippen LogP contribution is 2.34. The van der Waals surface area contributed by atoms with Crippen molar-refractivity contribution in [3.05, 3.63) is 52.6 Å². The normalized spacial score (nSPS) is 15.4. The highest BCUT2D eigenvalue weighted by Gasteiger charge is 2.41. The summed E-state index contributed by atoms with van der Waals surface area (Å²) in [5, 5.41) is 8.39. The van der Waals surface area contributed by atoms with Gasteiger partial charge in [0.05, 0.1) is 18.3 Å². The maximum absolute atomic E-state index is 13.6. The van der Waals surface area contributed by atoms with Crippen LogP contribution in [0.3, 0.4) is 0 Å². The number of carbonyl (C=O) groups is 1. The SMILES string of the molecule is CC(C)n1ncc(C(=O)N2CCN(Cc3nc(-c4ccc(Cl)cc4)no3)CC2)c1C(F)(F)F. The molecule has 1 saturated heterocycles. The van der Waals surface area contributed by atoms with Crippen molar-refractivity contribution in [3.63, 3.8) is 0 Å². The monoisotopic (exact) mass is 482 g/mol. The summed E-state index contributed by atoms with van der Waals surface area (Å²) in [5.74, 6) is 0.186. The Bertz CT molecular complexity index is 1120. The lowest BCUT2D eigenvalue weighted by molar-refractivity contribution is -0.145. The van der Waals surface area contributed by atoms with Gasteiger partial charge < -0.3 is 9.42 Å².